The van der Waals surface area contributed by atoms with Crippen molar-refractivity contribution in [2.75, 3.05) is 0 Å². The number of benzene rings is 1. The van der Waals surface area contributed by atoms with E-state index in [1.807, 2.05) is 24.3 Å². The highest BCUT2D eigenvalue weighted by molar-refractivity contribution is 7.80. The molecule has 0 fully saturated rings. The van der Waals surface area contributed by atoms with Crippen LogP contribution < -0.4 is 0 Å². The number of carbonyl (C=O) groups is 1. The summed E-state index contributed by atoms with van der Waals surface area (Å²) in [4.78, 5) is 14.4. The summed E-state index contributed by atoms with van der Waals surface area (Å²) in [5.41, 5.74) is 1.34. The van der Waals surface area contributed by atoms with Crippen LogP contribution in [0.5, 0.6) is 0 Å². The van der Waals surface area contributed by atoms with E-state index in [0.717, 1.165) is 17.2 Å². The van der Waals surface area contributed by atoms with Gasteiger partial charge in [-0.3, -0.25) is 4.79 Å². The summed E-state index contributed by atoms with van der Waals surface area (Å²) in [5.74, 6) is 0. The summed E-state index contributed by atoms with van der Waals surface area (Å²) in [6.45, 7) is 0. The lowest BCUT2D eigenvalue weighted by Gasteiger charge is -2.03. The van der Waals surface area contributed by atoms with Crippen molar-refractivity contribution >= 4 is 42.0 Å². The van der Waals surface area contributed by atoms with Gasteiger partial charge in [0.05, 0.1) is 5.56 Å². The number of nitrogens with one attached hydrogen (secondary N) is 1. The number of hydrogen-bond acceptors (Lipinski definition) is 3. The van der Waals surface area contributed by atoms with Crippen molar-refractivity contribution in [2.24, 2.45) is 0 Å². The largest absolute Gasteiger partial charge is 0.345 e. The fraction of sp³-hybridized carbons (Fsp3) is 0. The molecule has 1 aromatic heterocycles. The lowest BCUT2D eigenvalue weighted by molar-refractivity contribution is 0.112. The van der Waals surface area contributed by atoms with Gasteiger partial charge in [-0.05, 0) is 6.07 Å². The van der Waals surface area contributed by atoms with Crippen LogP contribution in [0.4, 0.5) is 0 Å². The Morgan fingerprint density at radius 2 is 2.07 bits per heavy atom. The minimum Gasteiger partial charge on any atom is -0.345 e. The second kappa shape index (κ2) is 3.55. The van der Waals surface area contributed by atoms with Gasteiger partial charge in [-0.15, -0.1) is 12.6 Å². The highest BCUT2D eigenvalue weighted by Gasteiger charge is 2.05. The molecule has 0 bridgehead atoms. The molecule has 70 valence electrons. The molecular formula is C10H7NOS2. The Balaban J connectivity index is 3.00. The first-order valence-corrected chi connectivity index (χ1v) is 4.88. The molecule has 1 aromatic carbocycles. The van der Waals surface area contributed by atoms with Crippen LogP contribution in [0, 0.1) is 4.64 Å². The molecule has 0 aliphatic carbocycles. The molecule has 2 rings (SSSR count). The number of H-pyrrole nitrogens is 1. The third kappa shape index (κ3) is 1.36. The van der Waals surface area contributed by atoms with Crippen LogP contribution in [0.25, 0.3) is 10.9 Å². The standard InChI is InChI=1S/C10H7NOS2/c12-5-7-9(13)6-3-1-2-4-8(6)11-10(7)14/h1-5H,(H2,11,13,14). The van der Waals surface area contributed by atoms with Crippen molar-refractivity contribution in [1.29, 1.82) is 0 Å². The normalized spacial score (nSPS) is 10.4. The highest BCUT2D eigenvalue weighted by atomic mass is 32.1. The number of hydrogen-bond donors (Lipinski definition) is 2. The predicted octanol–water partition coefficient (Wildman–Crippen LogP) is 3.00. The van der Waals surface area contributed by atoms with Crippen molar-refractivity contribution in [1.82, 2.24) is 4.98 Å². The summed E-state index contributed by atoms with van der Waals surface area (Å²) in [6, 6.07) is 7.60. The van der Waals surface area contributed by atoms with E-state index in [1.54, 1.807) is 0 Å². The van der Waals surface area contributed by atoms with E-state index >= 15 is 0 Å². The van der Waals surface area contributed by atoms with Gasteiger partial charge < -0.3 is 4.98 Å². The van der Waals surface area contributed by atoms with Crippen LogP contribution in [0.3, 0.4) is 0 Å². The van der Waals surface area contributed by atoms with Gasteiger partial charge in [-0.25, -0.2) is 0 Å². The van der Waals surface area contributed by atoms with E-state index in [2.05, 4.69) is 17.6 Å². The molecule has 2 aromatic rings. The van der Waals surface area contributed by atoms with E-state index in [4.69, 9.17) is 12.2 Å². The molecule has 0 saturated carbocycles. The summed E-state index contributed by atoms with van der Waals surface area (Å²) in [6.07, 6.45) is 0.730. The fourth-order valence-corrected chi connectivity index (χ4v) is 2.05. The maximum absolute atomic E-state index is 10.8. The number of carbonyl (C=O) groups excluding carboxylic acids is 1. The van der Waals surface area contributed by atoms with E-state index < -0.39 is 0 Å². The van der Waals surface area contributed by atoms with E-state index in [0.29, 0.717) is 15.1 Å². The van der Waals surface area contributed by atoms with Crippen molar-refractivity contribution in [3.05, 3.63) is 34.5 Å². The second-order valence-corrected chi connectivity index (χ2v) is 3.74. The lowest BCUT2D eigenvalue weighted by atomic mass is 10.2. The van der Waals surface area contributed by atoms with E-state index in [9.17, 15) is 4.79 Å². The van der Waals surface area contributed by atoms with Gasteiger partial charge in [0.1, 0.15) is 4.64 Å². The van der Waals surface area contributed by atoms with Gasteiger partial charge in [0.2, 0.25) is 0 Å². The zero-order chi connectivity index (χ0) is 10.1. The average Bonchev–Trinajstić information content (AvgIpc) is 2.18. The third-order valence-electron chi connectivity index (χ3n) is 2.05. The number of fused-ring (bicyclic) bond motifs is 1. The molecule has 1 heterocycles. The molecule has 0 aliphatic rings. The van der Waals surface area contributed by atoms with Crippen molar-refractivity contribution in [3.63, 3.8) is 0 Å². The minimum absolute atomic E-state index is 0.434. The van der Waals surface area contributed by atoms with E-state index in [1.165, 1.54) is 0 Å². The summed E-state index contributed by atoms with van der Waals surface area (Å²) >= 11 is 9.33. The molecule has 0 radical (unpaired) electrons. The zero-order valence-electron chi connectivity index (χ0n) is 7.15. The molecular weight excluding hydrogens is 214 g/mol. The van der Waals surface area contributed by atoms with Gasteiger partial charge in [0.25, 0.3) is 0 Å². The molecule has 4 heteroatoms. The first-order chi connectivity index (χ1) is 6.74. The number of aromatic amines is 1. The van der Waals surface area contributed by atoms with Crippen LogP contribution in [0.1, 0.15) is 10.4 Å². The van der Waals surface area contributed by atoms with Gasteiger partial charge in [-0.1, -0.05) is 30.4 Å². The SMILES string of the molecule is O=Cc1c(S)c2ccccc2[nH]c1=S. The predicted molar refractivity (Wildman–Crippen MR) is 61.8 cm³/mol. The molecule has 0 spiro atoms. The number of rotatable bonds is 1. The highest BCUT2D eigenvalue weighted by Crippen LogP contribution is 2.23. The van der Waals surface area contributed by atoms with Crippen LogP contribution >= 0.6 is 24.8 Å². The molecule has 0 unspecified atom stereocenters. The molecule has 0 amide bonds. The first kappa shape index (κ1) is 9.43. The van der Waals surface area contributed by atoms with Gasteiger partial charge in [0, 0.05) is 15.8 Å². The Labute approximate surface area is 91.4 Å². The maximum Gasteiger partial charge on any atom is 0.154 e. The Kier molecular flexibility index (Phi) is 2.39. The molecule has 2 nitrogen and oxygen atoms in total. The first-order valence-electron chi connectivity index (χ1n) is 4.03. The zero-order valence-corrected chi connectivity index (χ0v) is 8.86. The fourth-order valence-electron chi connectivity index (χ4n) is 1.35. The number of pyridine rings is 1. The Bertz CT molecular complexity index is 560. The van der Waals surface area contributed by atoms with Crippen LogP contribution in [-0.2, 0) is 0 Å². The Morgan fingerprint density at radius 3 is 2.79 bits per heavy atom. The van der Waals surface area contributed by atoms with Crippen LogP contribution in [-0.4, -0.2) is 11.3 Å². The number of aldehydes is 1. The monoisotopic (exact) mass is 221 g/mol. The molecule has 14 heavy (non-hydrogen) atoms. The van der Waals surface area contributed by atoms with Gasteiger partial charge in [0.15, 0.2) is 6.29 Å². The van der Waals surface area contributed by atoms with Crippen LogP contribution in [0.2, 0.25) is 0 Å². The van der Waals surface area contributed by atoms with E-state index in [-0.39, 0.29) is 0 Å². The molecule has 0 atom stereocenters. The average molecular weight is 221 g/mol. The summed E-state index contributed by atoms with van der Waals surface area (Å²) < 4.78 is 0.434. The Morgan fingerprint density at radius 1 is 1.36 bits per heavy atom. The third-order valence-corrected chi connectivity index (χ3v) is 2.85. The molecule has 0 saturated heterocycles. The van der Waals surface area contributed by atoms with Crippen molar-refractivity contribution in [2.45, 2.75) is 4.90 Å². The summed E-state index contributed by atoms with van der Waals surface area (Å²) in [5, 5.41) is 0.909. The lowest BCUT2D eigenvalue weighted by Crippen LogP contribution is -1.90. The second-order valence-electron chi connectivity index (χ2n) is 2.88. The van der Waals surface area contributed by atoms with Gasteiger partial charge >= 0.3 is 0 Å². The topological polar surface area (TPSA) is 32.9 Å². The number of para-hydroxylation sites is 1. The quantitative estimate of drug-likeness (QED) is 0.441. The van der Waals surface area contributed by atoms with Crippen molar-refractivity contribution in [3.8, 4) is 0 Å². The molecule has 1 N–H and O–H groups in total. The minimum atomic E-state index is 0.434. The van der Waals surface area contributed by atoms with Crippen LogP contribution in [0.15, 0.2) is 29.2 Å². The van der Waals surface area contributed by atoms with Gasteiger partial charge in [-0.2, -0.15) is 0 Å². The Hall–Kier alpha value is -1.13. The maximum atomic E-state index is 10.8. The number of thiol groups is 1. The smallest absolute Gasteiger partial charge is 0.154 e. The summed E-state index contributed by atoms with van der Waals surface area (Å²) in [7, 11) is 0. The van der Waals surface area contributed by atoms with Crippen molar-refractivity contribution < 1.29 is 4.79 Å². The number of aromatic nitrogens is 1. The molecule has 0 aliphatic heterocycles.